The number of nitrogens with zero attached hydrogens (tertiary/aromatic N) is 4. The Bertz CT molecular complexity index is 945. The number of aromatic amines is 1. The highest BCUT2D eigenvalue weighted by Gasteiger charge is 2.31. The molecule has 3 aromatic rings. The summed E-state index contributed by atoms with van der Waals surface area (Å²) >= 11 is 0. The smallest absolute Gasteiger partial charge is 0.257 e. The lowest BCUT2D eigenvalue weighted by Gasteiger charge is -2.34. The molecule has 1 aliphatic heterocycles. The van der Waals surface area contributed by atoms with Gasteiger partial charge in [-0.3, -0.25) is 9.48 Å². The van der Waals surface area contributed by atoms with Crippen molar-refractivity contribution < 1.29 is 4.79 Å². The molecule has 2 aromatic heterocycles. The maximum Gasteiger partial charge on any atom is 0.257 e. The predicted octanol–water partition coefficient (Wildman–Crippen LogP) is 4.32. The quantitative estimate of drug-likeness (QED) is 0.751. The van der Waals surface area contributed by atoms with Gasteiger partial charge in [0.2, 0.25) is 0 Å². The number of likely N-dealkylation sites (tertiary alicyclic amines) is 1. The molecule has 1 aromatic carbocycles. The molecule has 1 fully saturated rings. The Balaban J connectivity index is 1.66. The van der Waals surface area contributed by atoms with Gasteiger partial charge >= 0.3 is 0 Å². The van der Waals surface area contributed by atoms with Gasteiger partial charge in [0.25, 0.3) is 5.91 Å². The van der Waals surface area contributed by atoms with E-state index in [0.29, 0.717) is 5.56 Å². The molecule has 27 heavy (non-hydrogen) atoms. The molecule has 0 saturated carbocycles. The molecule has 1 amide bonds. The first-order valence-corrected chi connectivity index (χ1v) is 9.76. The number of benzene rings is 1. The first kappa shape index (κ1) is 17.8. The summed E-state index contributed by atoms with van der Waals surface area (Å²) < 4.78 is 1.83. The molecule has 4 rings (SSSR count). The van der Waals surface area contributed by atoms with Gasteiger partial charge in [-0.25, -0.2) is 4.98 Å². The zero-order valence-electron chi connectivity index (χ0n) is 16.5. The lowest BCUT2D eigenvalue weighted by Crippen LogP contribution is -2.38. The number of imidazole rings is 1. The van der Waals surface area contributed by atoms with E-state index in [0.717, 1.165) is 42.7 Å². The topological polar surface area (TPSA) is 66.8 Å². The first-order chi connectivity index (χ1) is 12.9. The second kappa shape index (κ2) is 6.83. The van der Waals surface area contributed by atoms with Crippen LogP contribution in [0.4, 0.5) is 0 Å². The summed E-state index contributed by atoms with van der Waals surface area (Å²) in [6.45, 7) is 9.09. The van der Waals surface area contributed by atoms with E-state index in [-0.39, 0.29) is 18.0 Å². The molecule has 1 saturated heterocycles. The minimum absolute atomic E-state index is 0.0123. The van der Waals surface area contributed by atoms with Crippen molar-refractivity contribution >= 4 is 16.9 Å². The Hall–Kier alpha value is -2.63. The molecule has 0 bridgehead atoms. The number of carbonyl (C=O) groups excluding carboxylic acids is 1. The van der Waals surface area contributed by atoms with Gasteiger partial charge in [-0.15, -0.1) is 0 Å². The van der Waals surface area contributed by atoms with Crippen LogP contribution in [0, 0.1) is 13.8 Å². The molecule has 0 unspecified atom stereocenters. The maximum absolute atomic E-state index is 13.2. The van der Waals surface area contributed by atoms with Gasteiger partial charge in [0, 0.05) is 18.8 Å². The summed E-state index contributed by atoms with van der Waals surface area (Å²) in [4.78, 5) is 23.4. The number of amides is 1. The maximum atomic E-state index is 13.2. The molecule has 0 spiro atoms. The van der Waals surface area contributed by atoms with E-state index < -0.39 is 0 Å². The second-order valence-corrected chi connectivity index (χ2v) is 7.89. The first-order valence-electron chi connectivity index (χ1n) is 9.76. The third kappa shape index (κ3) is 3.24. The number of aryl methyl sites for hydroxylation is 2. The summed E-state index contributed by atoms with van der Waals surface area (Å²) in [5, 5.41) is 4.33. The van der Waals surface area contributed by atoms with Crippen LogP contribution < -0.4 is 0 Å². The van der Waals surface area contributed by atoms with Gasteiger partial charge in [-0.1, -0.05) is 0 Å². The monoisotopic (exact) mass is 365 g/mol. The lowest BCUT2D eigenvalue weighted by molar-refractivity contribution is 0.0601. The van der Waals surface area contributed by atoms with E-state index in [1.54, 1.807) is 6.20 Å². The highest BCUT2D eigenvalue weighted by molar-refractivity contribution is 5.94. The molecule has 1 N–H and O–H groups in total. The van der Waals surface area contributed by atoms with Crippen molar-refractivity contribution in [3.05, 3.63) is 47.0 Å². The van der Waals surface area contributed by atoms with E-state index in [9.17, 15) is 4.79 Å². The van der Waals surface area contributed by atoms with Crippen LogP contribution in [0.25, 0.3) is 11.0 Å². The van der Waals surface area contributed by atoms with Crippen molar-refractivity contribution in [2.45, 2.75) is 59.0 Å². The van der Waals surface area contributed by atoms with E-state index in [4.69, 9.17) is 4.98 Å². The summed E-state index contributed by atoms with van der Waals surface area (Å²) in [5.41, 5.74) is 5.14. The number of aromatic nitrogens is 4. The second-order valence-electron chi connectivity index (χ2n) is 7.89. The standard InChI is InChI=1S/C21H27N5O/c1-13(2)26-12-16(11-22-26)21(27)25-8-6-5-7-19(25)20-23-17-9-14(3)15(4)10-18(17)24-20/h9-13,19H,5-8H2,1-4H3,(H,23,24)/t19-/m0/s1. The van der Waals surface area contributed by atoms with E-state index in [1.165, 1.54) is 11.1 Å². The molecule has 1 aliphatic rings. The third-order valence-electron chi connectivity index (χ3n) is 5.57. The third-order valence-corrected chi connectivity index (χ3v) is 5.57. The molecule has 142 valence electrons. The summed E-state index contributed by atoms with van der Waals surface area (Å²) in [5.74, 6) is 0.929. The fraction of sp³-hybridized carbons (Fsp3) is 0.476. The van der Waals surface area contributed by atoms with Crippen LogP contribution in [0.5, 0.6) is 0 Å². The zero-order valence-corrected chi connectivity index (χ0v) is 16.5. The highest BCUT2D eigenvalue weighted by atomic mass is 16.2. The molecule has 0 radical (unpaired) electrons. The van der Waals surface area contributed by atoms with Gasteiger partial charge < -0.3 is 9.88 Å². The van der Waals surface area contributed by atoms with Crippen molar-refractivity contribution in [3.63, 3.8) is 0 Å². The van der Waals surface area contributed by atoms with Crippen LogP contribution in [-0.2, 0) is 0 Å². The van der Waals surface area contributed by atoms with Crippen LogP contribution in [0.3, 0.4) is 0 Å². The Morgan fingerprint density at radius 2 is 2.00 bits per heavy atom. The van der Waals surface area contributed by atoms with Crippen LogP contribution in [0.2, 0.25) is 0 Å². The number of carbonyl (C=O) groups is 1. The van der Waals surface area contributed by atoms with Crippen molar-refractivity contribution in [1.82, 2.24) is 24.6 Å². The molecule has 0 aliphatic carbocycles. The molecular formula is C21H27N5O. The number of H-pyrrole nitrogens is 1. The van der Waals surface area contributed by atoms with Crippen LogP contribution in [0.1, 0.15) is 72.5 Å². The van der Waals surface area contributed by atoms with Crippen molar-refractivity contribution in [3.8, 4) is 0 Å². The van der Waals surface area contributed by atoms with Crippen LogP contribution in [0.15, 0.2) is 24.5 Å². The van der Waals surface area contributed by atoms with Crippen LogP contribution >= 0.6 is 0 Å². The fourth-order valence-corrected chi connectivity index (χ4v) is 3.80. The highest BCUT2D eigenvalue weighted by Crippen LogP contribution is 2.32. The Labute approximate surface area is 159 Å². The molecule has 6 heteroatoms. The SMILES string of the molecule is Cc1cc2nc([C@@H]3CCCCN3C(=O)c3cnn(C(C)C)c3)[nH]c2cc1C. The molecular weight excluding hydrogens is 338 g/mol. The number of hydrogen-bond donors (Lipinski definition) is 1. The minimum Gasteiger partial charge on any atom is -0.340 e. The summed E-state index contributed by atoms with van der Waals surface area (Å²) in [6.07, 6.45) is 6.60. The number of piperidine rings is 1. The number of hydrogen-bond acceptors (Lipinski definition) is 3. The van der Waals surface area contributed by atoms with Crippen molar-refractivity contribution in [2.75, 3.05) is 6.54 Å². The number of nitrogens with one attached hydrogen (secondary N) is 1. The minimum atomic E-state index is -0.0123. The van der Waals surface area contributed by atoms with E-state index in [2.05, 4.69) is 49.9 Å². The summed E-state index contributed by atoms with van der Waals surface area (Å²) in [7, 11) is 0. The van der Waals surface area contributed by atoms with Crippen molar-refractivity contribution in [1.29, 1.82) is 0 Å². The fourth-order valence-electron chi connectivity index (χ4n) is 3.80. The molecule has 6 nitrogen and oxygen atoms in total. The molecule has 3 heterocycles. The largest absolute Gasteiger partial charge is 0.340 e. The zero-order chi connectivity index (χ0) is 19.1. The normalized spacial score (nSPS) is 17.8. The van der Waals surface area contributed by atoms with Gasteiger partial charge in [0.1, 0.15) is 5.82 Å². The Kier molecular flexibility index (Phi) is 4.50. The Morgan fingerprint density at radius 1 is 1.22 bits per heavy atom. The summed E-state index contributed by atoms with van der Waals surface area (Å²) in [6, 6.07) is 4.49. The van der Waals surface area contributed by atoms with Gasteiger partial charge in [-0.2, -0.15) is 5.10 Å². The number of fused-ring (bicyclic) bond motifs is 1. The average Bonchev–Trinajstić information content (AvgIpc) is 3.29. The lowest BCUT2D eigenvalue weighted by atomic mass is 10.0. The van der Waals surface area contributed by atoms with Crippen LogP contribution in [-0.4, -0.2) is 37.1 Å². The van der Waals surface area contributed by atoms with E-state index in [1.807, 2.05) is 15.8 Å². The van der Waals surface area contributed by atoms with Gasteiger partial charge in [-0.05, 0) is 70.2 Å². The van der Waals surface area contributed by atoms with Gasteiger partial charge in [0.05, 0.1) is 28.8 Å². The predicted molar refractivity (Wildman–Crippen MR) is 106 cm³/mol. The molecule has 1 atom stereocenters. The van der Waals surface area contributed by atoms with Gasteiger partial charge in [0.15, 0.2) is 0 Å². The number of rotatable bonds is 3. The Morgan fingerprint density at radius 3 is 2.74 bits per heavy atom. The van der Waals surface area contributed by atoms with Crippen molar-refractivity contribution in [2.24, 2.45) is 0 Å². The average molecular weight is 365 g/mol. The van der Waals surface area contributed by atoms with E-state index >= 15 is 0 Å².